The number of amides is 1. The van der Waals surface area contributed by atoms with Crippen molar-refractivity contribution < 1.29 is 4.79 Å². The van der Waals surface area contributed by atoms with E-state index in [1.807, 2.05) is 35.7 Å². The maximum absolute atomic E-state index is 12.5. The Morgan fingerprint density at radius 2 is 1.96 bits per heavy atom. The highest BCUT2D eigenvalue weighted by atomic mass is 32.2. The van der Waals surface area contributed by atoms with Crippen molar-refractivity contribution >= 4 is 29.0 Å². The average molecular weight is 369 g/mol. The molecule has 2 heterocycles. The minimum absolute atomic E-state index is 0.0629. The van der Waals surface area contributed by atoms with E-state index in [0.717, 1.165) is 28.5 Å². The van der Waals surface area contributed by atoms with Crippen LogP contribution in [0.4, 0.5) is 0 Å². The Bertz CT molecular complexity index is 788. The smallest absolute Gasteiger partial charge is 0.254 e. The zero-order valence-electron chi connectivity index (χ0n) is 13.9. The number of thioether (sulfide) groups is 1. The molecule has 3 nitrogen and oxygen atoms in total. The summed E-state index contributed by atoms with van der Waals surface area (Å²) in [4.78, 5) is 18.0. The van der Waals surface area contributed by atoms with E-state index < -0.39 is 0 Å². The van der Waals surface area contributed by atoms with Crippen LogP contribution in [0.15, 0.2) is 71.2 Å². The summed E-state index contributed by atoms with van der Waals surface area (Å²) in [5.41, 5.74) is 2.00. The van der Waals surface area contributed by atoms with E-state index >= 15 is 0 Å². The van der Waals surface area contributed by atoms with Crippen LogP contribution in [0.1, 0.15) is 27.2 Å². The number of aromatic nitrogens is 1. The molecule has 1 amide bonds. The number of nitrogens with one attached hydrogen (secondary N) is 1. The van der Waals surface area contributed by atoms with Crippen molar-refractivity contribution in [3.8, 4) is 0 Å². The van der Waals surface area contributed by atoms with Gasteiger partial charge in [0.25, 0.3) is 5.91 Å². The molecule has 5 heteroatoms. The first kappa shape index (κ1) is 17.7. The summed E-state index contributed by atoms with van der Waals surface area (Å²) in [6.07, 6.45) is 3.84. The third-order valence-corrected chi connectivity index (χ3v) is 5.68. The van der Waals surface area contributed by atoms with Crippen molar-refractivity contribution in [2.24, 2.45) is 0 Å². The number of benzene rings is 1. The van der Waals surface area contributed by atoms with Crippen LogP contribution in [0, 0.1) is 0 Å². The van der Waals surface area contributed by atoms with E-state index in [9.17, 15) is 4.79 Å². The minimum Gasteiger partial charge on any atom is -0.347 e. The van der Waals surface area contributed by atoms with Crippen LogP contribution in [0.5, 0.6) is 0 Å². The molecule has 3 rings (SSSR count). The molecule has 0 aliphatic carbocycles. The molecule has 0 radical (unpaired) electrons. The normalized spacial score (nSPS) is 10.6. The first-order valence-corrected chi connectivity index (χ1v) is 10.1. The molecular formula is C20H20N2OS2. The second-order valence-electron chi connectivity index (χ2n) is 5.56. The Labute approximate surface area is 156 Å². The van der Waals surface area contributed by atoms with Crippen molar-refractivity contribution in [3.63, 3.8) is 0 Å². The summed E-state index contributed by atoms with van der Waals surface area (Å²) in [5, 5.41) is 5.79. The SMILES string of the molecule is O=C(NCc1cccs1)c1cccnc1SCCCc1ccccc1. The number of pyridine rings is 1. The Hall–Kier alpha value is -2.11. The summed E-state index contributed by atoms with van der Waals surface area (Å²) in [7, 11) is 0. The number of thiophene rings is 1. The first-order chi connectivity index (χ1) is 12.3. The topological polar surface area (TPSA) is 42.0 Å². The number of carbonyl (C=O) groups is 1. The van der Waals surface area contributed by atoms with Gasteiger partial charge in [-0.15, -0.1) is 23.1 Å². The van der Waals surface area contributed by atoms with Gasteiger partial charge < -0.3 is 5.32 Å². The Balaban J connectivity index is 1.52. The molecule has 0 atom stereocenters. The highest BCUT2D eigenvalue weighted by molar-refractivity contribution is 7.99. The average Bonchev–Trinajstić information content (AvgIpc) is 3.18. The van der Waals surface area contributed by atoms with Gasteiger partial charge in [-0.1, -0.05) is 36.4 Å². The molecule has 0 saturated carbocycles. The van der Waals surface area contributed by atoms with E-state index in [1.165, 1.54) is 5.56 Å². The quantitative estimate of drug-likeness (QED) is 0.459. The fourth-order valence-corrected chi connectivity index (χ4v) is 4.02. The van der Waals surface area contributed by atoms with Gasteiger partial charge >= 0.3 is 0 Å². The molecule has 0 aliphatic rings. The minimum atomic E-state index is -0.0629. The number of aryl methyl sites for hydroxylation is 1. The molecule has 128 valence electrons. The summed E-state index contributed by atoms with van der Waals surface area (Å²) in [6, 6.07) is 18.1. The number of hydrogen-bond donors (Lipinski definition) is 1. The monoisotopic (exact) mass is 368 g/mol. The third-order valence-electron chi connectivity index (χ3n) is 3.71. The predicted molar refractivity (Wildman–Crippen MR) is 105 cm³/mol. The highest BCUT2D eigenvalue weighted by Crippen LogP contribution is 2.21. The second-order valence-corrected chi connectivity index (χ2v) is 7.67. The van der Waals surface area contributed by atoms with Gasteiger partial charge in [-0.3, -0.25) is 4.79 Å². The lowest BCUT2D eigenvalue weighted by atomic mass is 10.1. The van der Waals surface area contributed by atoms with Crippen LogP contribution >= 0.6 is 23.1 Å². The molecule has 0 fully saturated rings. The van der Waals surface area contributed by atoms with Gasteiger partial charge in [-0.2, -0.15) is 0 Å². The largest absolute Gasteiger partial charge is 0.347 e. The van der Waals surface area contributed by atoms with E-state index in [0.29, 0.717) is 12.1 Å². The van der Waals surface area contributed by atoms with Crippen LogP contribution in [-0.4, -0.2) is 16.6 Å². The van der Waals surface area contributed by atoms with Gasteiger partial charge in [-0.25, -0.2) is 4.98 Å². The van der Waals surface area contributed by atoms with Gasteiger partial charge in [0.2, 0.25) is 0 Å². The lowest BCUT2D eigenvalue weighted by Crippen LogP contribution is -2.23. The van der Waals surface area contributed by atoms with Crippen LogP contribution in [0.25, 0.3) is 0 Å². The summed E-state index contributed by atoms with van der Waals surface area (Å²) >= 11 is 3.29. The standard InChI is InChI=1S/C20H20N2OS2/c23-19(22-15-17-10-6-13-24-17)18-11-4-12-21-20(18)25-14-5-9-16-7-2-1-3-8-16/h1-4,6-8,10-13H,5,9,14-15H2,(H,22,23). The Kier molecular flexibility index (Phi) is 6.65. The Morgan fingerprint density at radius 3 is 2.76 bits per heavy atom. The molecule has 0 spiro atoms. The molecule has 25 heavy (non-hydrogen) atoms. The van der Waals surface area contributed by atoms with E-state index in [-0.39, 0.29) is 5.91 Å². The third kappa shape index (κ3) is 5.44. The molecule has 1 N–H and O–H groups in total. The lowest BCUT2D eigenvalue weighted by Gasteiger charge is -2.08. The molecule has 1 aromatic carbocycles. The molecule has 2 aromatic heterocycles. The first-order valence-electron chi connectivity index (χ1n) is 8.25. The number of rotatable bonds is 8. The summed E-state index contributed by atoms with van der Waals surface area (Å²) in [6.45, 7) is 0.559. The molecule has 0 unspecified atom stereocenters. The summed E-state index contributed by atoms with van der Waals surface area (Å²) < 4.78 is 0. The van der Waals surface area contributed by atoms with Gasteiger partial charge in [-0.05, 0) is 47.7 Å². The van der Waals surface area contributed by atoms with Gasteiger partial charge in [0.15, 0.2) is 0 Å². The van der Waals surface area contributed by atoms with Crippen LogP contribution in [0.3, 0.4) is 0 Å². The van der Waals surface area contributed by atoms with Crippen molar-refractivity contribution in [1.82, 2.24) is 10.3 Å². The van der Waals surface area contributed by atoms with E-state index in [4.69, 9.17) is 0 Å². The van der Waals surface area contributed by atoms with Crippen LogP contribution < -0.4 is 5.32 Å². The van der Waals surface area contributed by atoms with Crippen molar-refractivity contribution in [2.75, 3.05) is 5.75 Å². The molecular weight excluding hydrogens is 348 g/mol. The fourth-order valence-electron chi connectivity index (χ4n) is 2.44. The zero-order valence-corrected chi connectivity index (χ0v) is 15.5. The molecule has 0 saturated heterocycles. The molecule has 3 aromatic rings. The maximum atomic E-state index is 12.5. The number of carbonyl (C=O) groups excluding carboxylic acids is 1. The van der Waals surface area contributed by atoms with Crippen molar-refractivity contribution in [2.45, 2.75) is 24.4 Å². The van der Waals surface area contributed by atoms with Gasteiger partial charge in [0.05, 0.1) is 12.1 Å². The van der Waals surface area contributed by atoms with Crippen LogP contribution in [-0.2, 0) is 13.0 Å². The molecule has 0 bridgehead atoms. The predicted octanol–water partition coefficient (Wildman–Crippen LogP) is 4.80. The second kappa shape index (κ2) is 9.39. The fraction of sp³-hybridized carbons (Fsp3) is 0.200. The number of nitrogens with zero attached hydrogens (tertiary/aromatic N) is 1. The molecule has 0 aliphatic heterocycles. The lowest BCUT2D eigenvalue weighted by molar-refractivity contribution is 0.0947. The van der Waals surface area contributed by atoms with Crippen molar-refractivity contribution in [1.29, 1.82) is 0 Å². The van der Waals surface area contributed by atoms with Crippen LogP contribution in [0.2, 0.25) is 0 Å². The van der Waals surface area contributed by atoms with Gasteiger partial charge in [0.1, 0.15) is 5.03 Å². The van der Waals surface area contributed by atoms with E-state index in [1.54, 1.807) is 29.3 Å². The highest BCUT2D eigenvalue weighted by Gasteiger charge is 2.12. The maximum Gasteiger partial charge on any atom is 0.254 e. The van der Waals surface area contributed by atoms with E-state index in [2.05, 4.69) is 34.6 Å². The number of hydrogen-bond acceptors (Lipinski definition) is 4. The summed E-state index contributed by atoms with van der Waals surface area (Å²) in [5.74, 6) is 0.879. The zero-order chi connectivity index (χ0) is 17.3. The van der Waals surface area contributed by atoms with Gasteiger partial charge in [0, 0.05) is 11.1 Å². The van der Waals surface area contributed by atoms with Crippen molar-refractivity contribution in [3.05, 3.63) is 82.2 Å². The Morgan fingerprint density at radius 1 is 1.08 bits per heavy atom.